The highest BCUT2D eigenvalue weighted by molar-refractivity contribution is 5.86. The summed E-state index contributed by atoms with van der Waals surface area (Å²) in [6, 6.07) is 3.07. The molecule has 0 aromatic carbocycles. The number of nitrogens with zero attached hydrogens (tertiary/aromatic N) is 1. The molecule has 1 aliphatic carbocycles. The van der Waals surface area contributed by atoms with E-state index in [-0.39, 0.29) is 18.1 Å². The van der Waals surface area contributed by atoms with E-state index < -0.39 is 5.97 Å². The molecule has 0 spiro atoms. The van der Waals surface area contributed by atoms with Crippen molar-refractivity contribution in [1.29, 1.82) is 0 Å². The van der Waals surface area contributed by atoms with Gasteiger partial charge in [0.2, 0.25) is 5.91 Å². The van der Waals surface area contributed by atoms with Crippen LogP contribution in [-0.2, 0) is 16.1 Å². The van der Waals surface area contributed by atoms with Crippen LogP contribution in [0.4, 0.5) is 0 Å². The number of nitrogens with one attached hydrogen (secondary N) is 1. The van der Waals surface area contributed by atoms with E-state index >= 15 is 0 Å². The third-order valence-corrected chi connectivity index (χ3v) is 2.98. The van der Waals surface area contributed by atoms with Crippen molar-refractivity contribution in [2.75, 3.05) is 19.8 Å². The molecule has 1 aromatic rings. The fourth-order valence-corrected chi connectivity index (χ4v) is 1.75. The summed E-state index contributed by atoms with van der Waals surface area (Å²) in [5.74, 6) is -0.534. The van der Waals surface area contributed by atoms with Gasteiger partial charge in [0.1, 0.15) is 12.2 Å². The lowest BCUT2D eigenvalue weighted by Crippen LogP contribution is -2.31. The second-order valence-corrected chi connectivity index (χ2v) is 4.69. The van der Waals surface area contributed by atoms with Crippen molar-refractivity contribution >= 4 is 11.9 Å². The number of carbonyl (C=O) groups is 2. The predicted octanol–water partition coefficient (Wildman–Crippen LogP) is 0.729. The van der Waals surface area contributed by atoms with Crippen molar-refractivity contribution < 1.29 is 19.4 Å². The van der Waals surface area contributed by atoms with E-state index in [9.17, 15) is 9.59 Å². The monoisotopic (exact) mass is 266 g/mol. The standard InChI is InChI=1S/C13H18N2O4/c16-12(14-5-7-19-9-10-3-4-10)8-15-6-1-2-11(15)13(17)18/h1-2,6,10H,3-5,7-9H2,(H,14,16)(H,17,18). The van der Waals surface area contributed by atoms with Crippen molar-refractivity contribution in [3.63, 3.8) is 0 Å². The summed E-state index contributed by atoms with van der Waals surface area (Å²) in [5, 5.41) is 11.6. The van der Waals surface area contributed by atoms with Crippen LogP contribution in [0.25, 0.3) is 0 Å². The molecule has 6 nitrogen and oxygen atoms in total. The lowest BCUT2D eigenvalue weighted by molar-refractivity contribution is -0.121. The Morgan fingerprint density at radius 1 is 1.47 bits per heavy atom. The van der Waals surface area contributed by atoms with Gasteiger partial charge in [-0.05, 0) is 30.9 Å². The number of ether oxygens (including phenoxy) is 1. The van der Waals surface area contributed by atoms with Crippen LogP contribution in [0.1, 0.15) is 23.3 Å². The van der Waals surface area contributed by atoms with Crippen LogP contribution in [0, 0.1) is 5.92 Å². The van der Waals surface area contributed by atoms with Crippen LogP contribution >= 0.6 is 0 Å². The number of rotatable bonds is 8. The second-order valence-electron chi connectivity index (χ2n) is 4.69. The summed E-state index contributed by atoms with van der Waals surface area (Å²) >= 11 is 0. The van der Waals surface area contributed by atoms with Crippen molar-refractivity contribution in [1.82, 2.24) is 9.88 Å². The molecule has 0 bridgehead atoms. The molecule has 0 unspecified atom stereocenters. The molecule has 0 radical (unpaired) electrons. The largest absolute Gasteiger partial charge is 0.477 e. The summed E-state index contributed by atoms with van der Waals surface area (Å²) in [6.07, 6.45) is 4.07. The molecule has 2 rings (SSSR count). The fourth-order valence-electron chi connectivity index (χ4n) is 1.75. The van der Waals surface area contributed by atoms with Crippen LogP contribution in [0.15, 0.2) is 18.3 Å². The SMILES string of the molecule is O=C(Cn1cccc1C(=O)O)NCCOCC1CC1. The first-order chi connectivity index (χ1) is 9.16. The number of aromatic nitrogens is 1. The van der Waals surface area contributed by atoms with Gasteiger partial charge < -0.3 is 19.7 Å². The Labute approximate surface area is 111 Å². The van der Waals surface area contributed by atoms with Crippen LogP contribution < -0.4 is 5.32 Å². The lowest BCUT2D eigenvalue weighted by Gasteiger charge is -2.08. The zero-order valence-corrected chi connectivity index (χ0v) is 10.7. The van der Waals surface area contributed by atoms with Gasteiger partial charge in [-0.2, -0.15) is 0 Å². The Morgan fingerprint density at radius 3 is 2.95 bits per heavy atom. The lowest BCUT2D eigenvalue weighted by atomic mass is 10.4. The predicted molar refractivity (Wildman–Crippen MR) is 67.9 cm³/mol. The molecule has 0 saturated heterocycles. The number of carbonyl (C=O) groups excluding carboxylic acids is 1. The van der Waals surface area contributed by atoms with Crippen molar-refractivity contribution in [2.24, 2.45) is 5.92 Å². The molecule has 1 heterocycles. The van der Waals surface area contributed by atoms with Crippen molar-refractivity contribution in [2.45, 2.75) is 19.4 Å². The number of carboxylic acid groups (broad SMARTS) is 1. The summed E-state index contributed by atoms with van der Waals surface area (Å²) in [4.78, 5) is 22.5. The number of hydrogen-bond acceptors (Lipinski definition) is 3. The average molecular weight is 266 g/mol. The third kappa shape index (κ3) is 4.40. The van der Waals surface area contributed by atoms with E-state index in [0.29, 0.717) is 19.1 Å². The normalized spacial score (nSPS) is 14.3. The maximum atomic E-state index is 11.6. The summed E-state index contributed by atoms with van der Waals surface area (Å²) < 4.78 is 6.79. The van der Waals surface area contributed by atoms with Gasteiger partial charge >= 0.3 is 5.97 Å². The van der Waals surface area contributed by atoms with E-state index in [4.69, 9.17) is 9.84 Å². The van der Waals surface area contributed by atoms with Gasteiger partial charge in [-0.1, -0.05) is 0 Å². The number of carboxylic acids is 1. The number of hydrogen-bond donors (Lipinski definition) is 2. The van der Waals surface area contributed by atoms with Gasteiger partial charge in [-0.3, -0.25) is 4.79 Å². The van der Waals surface area contributed by atoms with E-state index in [2.05, 4.69) is 5.32 Å². The Morgan fingerprint density at radius 2 is 2.26 bits per heavy atom. The van der Waals surface area contributed by atoms with Gasteiger partial charge in [0.25, 0.3) is 0 Å². The van der Waals surface area contributed by atoms with Crippen LogP contribution in [0.3, 0.4) is 0 Å². The highest BCUT2D eigenvalue weighted by Gasteiger charge is 2.20. The Kier molecular flexibility index (Phi) is 4.57. The summed E-state index contributed by atoms with van der Waals surface area (Å²) in [5.41, 5.74) is 0.111. The van der Waals surface area contributed by atoms with Gasteiger partial charge in [-0.25, -0.2) is 4.79 Å². The molecule has 0 atom stereocenters. The zero-order chi connectivity index (χ0) is 13.7. The van der Waals surface area contributed by atoms with E-state index in [1.165, 1.54) is 23.5 Å². The van der Waals surface area contributed by atoms with Gasteiger partial charge in [-0.15, -0.1) is 0 Å². The second kappa shape index (κ2) is 6.38. The number of amides is 1. The molecular weight excluding hydrogens is 248 g/mol. The van der Waals surface area contributed by atoms with Crippen LogP contribution in [0.5, 0.6) is 0 Å². The first-order valence-corrected chi connectivity index (χ1v) is 6.39. The molecule has 1 aromatic heterocycles. The fraction of sp³-hybridized carbons (Fsp3) is 0.538. The minimum atomic E-state index is -1.04. The average Bonchev–Trinajstić information content (AvgIpc) is 3.06. The molecule has 1 saturated carbocycles. The first-order valence-electron chi connectivity index (χ1n) is 6.39. The summed E-state index contributed by atoms with van der Waals surface area (Å²) in [6.45, 7) is 1.74. The van der Waals surface area contributed by atoms with Crippen molar-refractivity contribution in [3.8, 4) is 0 Å². The van der Waals surface area contributed by atoms with Crippen LogP contribution in [0.2, 0.25) is 0 Å². The molecule has 19 heavy (non-hydrogen) atoms. The molecule has 6 heteroatoms. The van der Waals surface area contributed by atoms with Crippen molar-refractivity contribution in [3.05, 3.63) is 24.0 Å². The van der Waals surface area contributed by atoms with E-state index in [0.717, 1.165) is 6.61 Å². The molecule has 1 amide bonds. The summed E-state index contributed by atoms with van der Waals surface area (Å²) in [7, 11) is 0. The molecule has 1 fully saturated rings. The van der Waals surface area contributed by atoms with Gasteiger partial charge in [0.15, 0.2) is 0 Å². The molecule has 104 valence electrons. The molecule has 2 N–H and O–H groups in total. The number of aromatic carboxylic acids is 1. The van der Waals surface area contributed by atoms with Gasteiger partial charge in [0.05, 0.1) is 6.61 Å². The Hall–Kier alpha value is -1.82. The smallest absolute Gasteiger partial charge is 0.352 e. The Balaban J connectivity index is 1.65. The zero-order valence-electron chi connectivity index (χ0n) is 10.7. The Bertz CT molecular complexity index is 451. The quantitative estimate of drug-likeness (QED) is 0.680. The molecular formula is C13H18N2O4. The molecule has 0 aliphatic heterocycles. The van der Waals surface area contributed by atoms with E-state index in [1.807, 2.05) is 0 Å². The third-order valence-electron chi connectivity index (χ3n) is 2.98. The minimum Gasteiger partial charge on any atom is -0.477 e. The maximum Gasteiger partial charge on any atom is 0.352 e. The maximum absolute atomic E-state index is 11.6. The topological polar surface area (TPSA) is 80.6 Å². The highest BCUT2D eigenvalue weighted by atomic mass is 16.5. The highest BCUT2D eigenvalue weighted by Crippen LogP contribution is 2.28. The molecule has 1 aliphatic rings. The van der Waals surface area contributed by atoms with Gasteiger partial charge in [0, 0.05) is 19.3 Å². The van der Waals surface area contributed by atoms with Crippen LogP contribution in [-0.4, -0.2) is 41.3 Å². The van der Waals surface area contributed by atoms with E-state index in [1.54, 1.807) is 12.3 Å². The minimum absolute atomic E-state index is 0.0112. The first kappa shape index (κ1) is 13.6.